The third kappa shape index (κ3) is 4.25. The topological polar surface area (TPSA) is 41.6 Å². The van der Waals surface area contributed by atoms with E-state index in [1.54, 1.807) is 0 Å². The molecule has 1 amide bonds. The predicted molar refractivity (Wildman–Crippen MR) is 71.5 cm³/mol. The minimum Gasteiger partial charge on any atom is -0.366 e. The number of nitrogens with zero attached hydrogens (tertiary/aromatic N) is 1. The number of hydrogen-bond acceptors (Lipinski definition) is 3. The van der Waals surface area contributed by atoms with Gasteiger partial charge in [-0.15, -0.1) is 0 Å². The highest BCUT2D eigenvalue weighted by Gasteiger charge is 2.34. The molecule has 104 valence electrons. The summed E-state index contributed by atoms with van der Waals surface area (Å²) in [6, 6.07) is 0.965. The van der Waals surface area contributed by atoms with Crippen molar-refractivity contribution in [3.8, 4) is 0 Å². The van der Waals surface area contributed by atoms with Crippen molar-refractivity contribution in [1.82, 2.24) is 10.2 Å². The molecular weight excluding hydrogens is 228 g/mol. The Balaban J connectivity index is 1.82. The minimum atomic E-state index is -0.240. The molecule has 1 N–H and O–H groups in total. The maximum atomic E-state index is 12.2. The van der Waals surface area contributed by atoms with Gasteiger partial charge in [0.15, 0.2) is 0 Å². The molecule has 1 saturated heterocycles. The zero-order valence-corrected chi connectivity index (χ0v) is 11.9. The molecule has 2 aliphatic rings. The van der Waals surface area contributed by atoms with Crippen molar-refractivity contribution in [3.63, 3.8) is 0 Å². The Morgan fingerprint density at radius 3 is 2.56 bits per heavy atom. The second-order valence-corrected chi connectivity index (χ2v) is 6.47. The van der Waals surface area contributed by atoms with Crippen LogP contribution in [0.15, 0.2) is 0 Å². The molecule has 2 rings (SSSR count). The first-order chi connectivity index (χ1) is 8.46. The predicted octanol–water partition coefficient (Wildman–Crippen LogP) is 1.54. The van der Waals surface area contributed by atoms with E-state index < -0.39 is 0 Å². The molecule has 1 aliphatic carbocycles. The fourth-order valence-electron chi connectivity index (χ4n) is 2.35. The minimum absolute atomic E-state index is 0.154. The number of nitrogens with one attached hydrogen (secondary N) is 1. The number of carbonyl (C=O) groups excluding carboxylic acids is 1. The third-order valence-corrected chi connectivity index (χ3v) is 3.52. The smallest absolute Gasteiger partial charge is 0.248 e. The van der Waals surface area contributed by atoms with Gasteiger partial charge >= 0.3 is 0 Å². The van der Waals surface area contributed by atoms with Gasteiger partial charge < -0.3 is 15.0 Å². The van der Waals surface area contributed by atoms with Crippen molar-refractivity contribution in [1.29, 1.82) is 0 Å². The maximum absolute atomic E-state index is 12.2. The molecule has 1 heterocycles. The molecule has 1 saturated carbocycles. The van der Waals surface area contributed by atoms with Crippen molar-refractivity contribution in [2.24, 2.45) is 0 Å². The lowest BCUT2D eigenvalue weighted by Gasteiger charge is -2.27. The van der Waals surface area contributed by atoms with Crippen molar-refractivity contribution >= 4 is 5.91 Å². The summed E-state index contributed by atoms with van der Waals surface area (Å²) in [6.07, 6.45) is 4.74. The normalized spacial score (nSPS) is 24.3. The molecule has 0 aromatic heterocycles. The average Bonchev–Trinajstić information content (AvgIpc) is 2.99. The summed E-state index contributed by atoms with van der Waals surface area (Å²) in [4.78, 5) is 14.3. The number of carbonyl (C=O) groups is 1. The van der Waals surface area contributed by atoms with Crippen LogP contribution in [-0.4, -0.2) is 48.2 Å². The Hall–Kier alpha value is -0.610. The molecule has 1 atom stereocenters. The van der Waals surface area contributed by atoms with Crippen LogP contribution in [0.25, 0.3) is 0 Å². The van der Waals surface area contributed by atoms with Gasteiger partial charge in [-0.05, 0) is 53.0 Å². The van der Waals surface area contributed by atoms with E-state index in [1.165, 1.54) is 12.8 Å². The van der Waals surface area contributed by atoms with Crippen molar-refractivity contribution in [2.75, 3.05) is 19.7 Å². The molecule has 18 heavy (non-hydrogen) atoms. The quantitative estimate of drug-likeness (QED) is 0.809. The van der Waals surface area contributed by atoms with E-state index in [4.69, 9.17) is 4.74 Å². The second-order valence-electron chi connectivity index (χ2n) is 6.47. The van der Waals surface area contributed by atoms with Crippen LogP contribution in [0.1, 0.15) is 46.5 Å². The summed E-state index contributed by atoms with van der Waals surface area (Å²) in [5, 5.41) is 3.46. The lowest BCUT2D eigenvalue weighted by Crippen LogP contribution is -2.44. The van der Waals surface area contributed by atoms with Crippen LogP contribution in [-0.2, 0) is 9.53 Å². The van der Waals surface area contributed by atoms with Gasteiger partial charge in [0.05, 0.1) is 5.60 Å². The zero-order valence-electron chi connectivity index (χ0n) is 11.9. The first-order valence-corrected chi connectivity index (χ1v) is 7.12. The summed E-state index contributed by atoms with van der Waals surface area (Å²) < 4.78 is 5.60. The van der Waals surface area contributed by atoms with Crippen LogP contribution in [0.3, 0.4) is 0 Å². The third-order valence-electron chi connectivity index (χ3n) is 3.52. The summed E-state index contributed by atoms with van der Waals surface area (Å²) >= 11 is 0. The summed E-state index contributed by atoms with van der Waals surface area (Å²) in [7, 11) is 0. The fraction of sp³-hybridized carbons (Fsp3) is 0.929. The van der Waals surface area contributed by atoms with E-state index in [9.17, 15) is 4.79 Å². The fourth-order valence-corrected chi connectivity index (χ4v) is 2.35. The van der Waals surface area contributed by atoms with Crippen LogP contribution in [0.4, 0.5) is 0 Å². The van der Waals surface area contributed by atoms with Crippen LogP contribution < -0.4 is 5.32 Å². The molecule has 0 aromatic rings. The monoisotopic (exact) mass is 254 g/mol. The van der Waals surface area contributed by atoms with E-state index >= 15 is 0 Å². The Labute approximate surface area is 110 Å². The van der Waals surface area contributed by atoms with Gasteiger partial charge in [0.1, 0.15) is 6.61 Å². The van der Waals surface area contributed by atoms with Gasteiger partial charge in [0.2, 0.25) is 5.91 Å². The van der Waals surface area contributed by atoms with Crippen molar-refractivity contribution in [3.05, 3.63) is 0 Å². The Morgan fingerprint density at radius 1 is 1.33 bits per heavy atom. The first kappa shape index (κ1) is 13.8. The number of amides is 1. The Morgan fingerprint density at radius 2 is 2.06 bits per heavy atom. The van der Waals surface area contributed by atoms with E-state index in [1.807, 2.05) is 25.7 Å². The number of ether oxygens (including phenoxy) is 1. The molecule has 0 radical (unpaired) electrons. The molecule has 4 heteroatoms. The lowest BCUT2D eigenvalue weighted by atomic mass is 10.2. The van der Waals surface area contributed by atoms with E-state index in [-0.39, 0.29) is 18.1 Å². The molecule has 0 aromatic carbocycles. The van der Waals surface area contributed by atoms with Gasteiger partial charge in [-0.3, -0.25) is 4.79 Å². The van der Waals surface area contributed by atoms with Gasteiger partial charge in [-0.2, -0.15) is 0 Å². The highest BCUT2D eigenvalue weighted by atomic mass is 16.5. The van der Waals surface area contributed by atoms with E-state index in [2.05, 4.69) is 5.32 Å². The molecule has 1 aliphatic heterocycles. The van der Waals surface area contributed by atoms with Crippen LogP contribution in [0.5, 0.6) is 0 Å². The first-order valence-electron chi connectivity index (χ1n) is 7.12. The number of rotatable bonds is 5. The largest absolute Gasteiger partial charge is 0.366 e. The van der Waals surface area contributed by atoms with Gasteiger partial charge in [-0.25, -0.2) is 0 Å². The molecule has 0 bridgehead atoms. The summed E-state index contributed by atoms with van der Waals surface area (Å²) in [5.74, 6) is 0.154. The molecular formula is C14H26N2O2. The van der Waals surface area contributed by atoms with E-state index in [0.717, 1.165) is 25.9 Å². The van der Waals surface area contributed by atoms with Gasteiger partial charge in [0.25, 0.3) is 0 Å². The van der Waals surface area contributed by atoms with Crippen LogP contribution in [0.2, 0.25) is 0 Å². The lowest BCUT2D eigenvalue weighted by molar-refractivity contribution is -0.142. The van der Waals surface area contributed by atoms with E-state index in [0.29, 0.717) is 12.1 Å². The maximum Gasteiger partial charge on any atom is 0.248 e. The highest BCUT2D eigenvalue weighted by molar-refractivity contribution is 5.78. The SMILES string of the molecule is CC(C)(C)OCC(=O)N(CC1CCCN1)C1CC1. The second kappa shape index (κ2) is 5.57. The Kier molecular flexibility index (Phi) is 4.28. The molecule has 1 unspecified atom stereocenters. The van der Waals surface area contributed by atoms with Gasteiger partial charge in [0, 0.05) is 18.6 Å². The van der Waals surface area contributed by atoms with Crippen LogP contribution in [0, 0.1) is 0 Å². The van der Waals surface area contributed by atoms with Crippen LogP contribution >= 0.6 is 0 Å². The molecule has 2 fully saturated rings. The molecule has 0 spiro atoms. The highest BCUT2D eigenvalue weighted by Crippen LogP contribution is 2.28. The van der Waals surface area contributed by atoms with Crippen molar-refractivity contribution in [2.45, 2.75) is 64.1 Å². The average molecular weight is 254 g/mol. The zero-order chi connectivity index (χ0) is 13.2. The summed E-state index contributed by atoms with van der Waals surface area (Å²) in [5.41, 5.74) is -0.240. The van der Waals surface area contributed by atoms with Gasteiger partial charge in [-0.1, -0.05) is 0 Å². The molecule has 4 nitrogen and oxygen atoms in total. The number of hydrogen-bond donors (Lipinski definition) is 1. The summed E-state index contributed by atoms with van der Waals surface area (Å²) in [6.45, 7) is 8.13. The Bertz CT molecular complexity index is 289. The standard InChI is InChI=1S/C14H26N2O2/c1-14(2,3)18-10-13(17)16(12-6-7-12)9-11-5-4-8-15-11/h11-12,15H,4-10H2,1-3H3. The van der Waals surface area contributed by atoms with Crippen molar-refractivity contribution < 1.29 is 9.53 Å².